The van der Waals surface area contributed by atoms with Crippen LogP contribution in [0.3, 0.4) is 0 Å². The van der Waals surface area contributed by atoms with Crippen LogP contribution >= 0.6 is 0 Å². The third-order valence-corrected chi connectivity index (χ3v) is 0.488. The molecule has 0 bridgehead atoms. The molecule has 0 aromatic rings. The highest BCUT2D eigenvalue weighted by molar-refractivity contribution is 5.75. The molecule has 2 nitrogen and oxygen atoms in total. The monoisotopic (exact) mass is 116 g/mol. The molecular formula is C5H5FO2. The zero-order valence-electron chi connectivity index (χ0n) is 4.31. The third-order valence-electron chi connectivity index (χ3n) is 0.488. The molecule has 8 heavy (non-hydrogen) atoms. The van der Waals surface area contributed by atoms with E-state index in [0.717, 1.165) is 0 Å². The summed E-state index contributed by atoms with van der Waals surface area (Å²) < 4.78 is 11.8. The van der Waals surface area contributed by atoms with Crippen LogP contribution in [0.4, 0.5) is 4.39 Å². The maximum Gasteiger partial charge on any atom is 0.351 e. The smallest absolute Gasteiger partial charge is 0.351 e. The molecule has 0 amide bonds. The number of carboxylic acid groups (broad SMARTS) is 1. The van der Waals surface area contributed by atoms with Crippen molar-refractivity contribution in [3.8, 4) is 11.8 Å². The molecule has 0 heterocycles. The molecule has 44 valence electrons. The molecule has 1 N–H and O–H groups in total. The van der Waals surface area contributed by atoms with Gasteiger partial charge >= 0.3 is 5.97 Å². The summed E-state index contributed by atoms with van der Waals surface area (Å²) in [4.78, 5) is 9.61. The average Bonchev–Trinajstić information content (AvgIpc) is 1.67. The minimum Gasteiger partial charge on any atom is -0.478 e. The lowest BCUT2D eigenvalue weighted by molar-refractivity contribution is -0.140. The second-order valence-corrected chi connectivity index (χ2v) is 1.10. The number of rotatable bonds is 1. The third kappa shape index (κ3) is 2.19. The van der Waals surface area contributed by atoms with Crippen LogP contribution in [-0.4, -0.2) is 17.2 Å². The Bertz CT molecular complexity index is 142. The van der Waals surface area contributed by atoms with Crippen LogP contribution in [0.25, 0.3) is 0 Å². The second kappa shape index (κ2) is 3.03. The van der Waals surface area contributed by atoms with E-state index in [-0.39, 0.29) is 0 Å². The van der Waals surface area contributed by atoms with Crippen LogP contribution in [0, 0.1) is 11.8 Å². The molecule has 1 atom stereocenters. The summed E-state index contributed by atoms with van der Waals surface area (Å²) in [6.45, 7) is 1.38. The van der Waals surface area contributed by atoms with Crippen molar-refractivity contribution in [3.05, 3.63) is 0 Å². The Labute approximate surface area is 46.3 Å². The Morgan fingerprint density at radius 1 is 1.88 bits per heavy atom. The number of hydrogen-bond donors (Lipinski definition) is 1. The number of carboxylic acids is 1. The first-order chi connectivity index (χ1) is 3.68. The first kappa shape index (κ1) is 6.96. The lowest BCUT2D eigenvalue weighted by Gasteiger charge is -1.86. The van der Waals surface area contributed by atoms with E-state index in [9.17, 15) is 9.18 Å². The van der Waals surface area contributed by atoms with Crippen LogP contribution in [0.15, 0.2) is 0 Å². The summed E-state index contributed by atoms with van der Waals surface area (Å²) in [6, 6.07) is 0. The van der Waals surface area contributed by atoms with E-state index >= 15 is 0 Å². The zero-order chi connectivity index (χ0) is 6.57. The van der Waals surface area contributed by atoms with Crippen molar-refractivity contribution >= 4 is 5.97 Å². The van der Waals surface area contributed by atoms with Gasteiger partial charge in [0.1, 0.15) is 0 Å². The van der Waals surface area contributed by atoms with Gasteiger partial charge in [-0.05, 0) is 6.92 Å². The molecule has 3 heteroatoms. The standard InChI is InChI=1S/C5H5FO2/c1-2-3-4(6)5(7)8/h4H,1H3,(H,7,8). The van der Waals surface area contributed by atoms with E-state index < -0.39 is 12.1 Å². The fraction of sp³-hybridized carbons (Fsp3) is 0.400. The number of alkyl halides is 1. The van der Waals surface area contributed by atoms with Crippen molar-refractivity contribution in [3.63, 3.8) is 0 Å². The van der Waals surface area contributed by atoms with E-state index in [4.69, 9.17) is 5.11 Å². The normalized spacial score (nSPS) is 11.2. The molecule has 0 aromatic heterocycles. The molecule has 0 saturated carbocycles. The zero-order valence-corrected chi connectivity index (χ0v) is 4.31. The van der Waals surface area contributed by atoms with Gasteiger partial charge in [-0.3, -0.25) is 0 Å². The van der Waals surface area contributed by atoms with Gasteiger partial charge in [-0.25, -0.2) is 9.18 Å². The molecule has 0 aliphatic rings. The minimum absolute atomic E-state index is 1.38. The summed E-state index contributed by atoms with van der Waals surface area (Å²) in [5.41, 5.74) is 0. The molecule has 0 aliphatic carbocycles. The SMILES string of the molecule is CC#CC(F)C(=O)O. The molecule has 1 unspecified atom stereocenters. The molecule has 0 spiro atoms. The summed E-state index contributed by atoms with van der Waals surface area (Å²) in [5, 5.41) is 7.84. The van der Waals surface area contributed by atoms with Crippen LogP contribution in [0.1, 0.15) is 6.92 Å². The van der Waals surface area contributed by atoms with Gasteiger partial charge in [0.15, 0.2) is 0 Å². The van der Waals surface area contributed by atoms with Crippen molar-refractivity contribution in [1.82, 2.24) is 0 Å². The highest BCUT2D eigenvalue weighted by Crippen LogP contribution is 1.85. The summed E-state index contributed by atoms with van der Waals surface area (Å²) in [6.07, 6.45) is -2.03. The van der Waals surface area contributed by atoms with Gasteiger partial charge in [0.25, 0.3) is 6.17 Å². The summed E-state index contributed by atoms with van der Waals surface area (Å²) in [5.74, 6) is 2.44. The quantitative estimate of drug-likeness (QED) is 0.504. The number of hydrogen-bond acceptors (Lipinski definition) is 1. The summed E-state index contributed by atoms with van der Waals surface area (Å²) in [7, 11) is 0. The Balaban J connectivity index is 3.77. The topological polar surface area (TPSA) is 37.3 Å². The first-order valence-electron chi connectivity index (χ1n) is 1.97. The molecule has 0 saturated heterocycles. The highest BCUT2D eigenvalue weighted by Gasteiger charge is 2.09. The molecule has 0 aliphatic heterocycles. The van der Waals surface area contributed by atoms with Crippen molar-refractivity contribution in [2.24, 2.45) is 0 Å². The average molecular weight is 116 g/mol. The van der Waals surface area contributed by atoms with E-state index in [1.807, 2.05) is 5.92 Å². The van der Waals surface area contributed by atoms with Gasteiger partial charge in [0.05, 0.1) is 0 Å². The van der Waals surface area contributed by atoms with E-state index in [2.05, 4.69) is 5.92 Å². The van der Waals surface area contributed by atoms with Crippen molar-refractivity contribution in [2.75, 3.05) is 0 Å². The number of carbonyl (C=O) groups is 1. The van der Waals surface area contributed by atoms with Gasteiger partial charge in [-0.1, -0.05) is 5.92 Å². The van der Waals surface area contributed by atoms with Crippen molar-refractivity contribution in [2.45, 2.75) is 13.1 Å². The van der Waals surface area contributed by atoms with Gasteiger partial charge in [0.2, 0.25) is 0 Å². The first-order valence-corrected chi connectivity index (χ1v) is 1.97. The maximum absolute atomic E-state index is 11.8. The van der Waals surface area contributed by atoms with Crippen LogP contribution in [0.2, 0.25) is 0 Å². The maximum atomic E-state index is 11.8. The Morgan fingerprint density at radius 3 is 2.50 bits per heavy atom. The largest absolute Gasteiger partial charge is 0.478 e. The molecule has 0 rings (SSSR count). The van der Waals surface area contributed by atoms with Gasteiger partial charge in [0, 0.05) is 0 Å². The molecule has 0 aromatic carbocycles. The van der Waals surface area contributed by atoms with Crippen LogP contribution in [-0.2, 0) is 4.79 Å². The minimum atomic E-state index is -2.03. The van der Waals surface area contributed by atoms with E-state index in [0.29, 0.717) is 0 Å². The van der Waals surface area contributed by atoms with Gasteiger partial charge < -0.3 is 5.11 Å². The van der Waals surface area contributed by atoms with Crippen LogP contribution < -0.4 is 0 Å². The molecular weight excluding hydrogens is 111 g/mol. The Morgan fingerprint density at radius 2 is 2.38 bits per heavy atom. The predicted octanol–water partition coefficient (Wildman–Crippen LogP) is 0.432. The van der Waals surface area contributed by atoms with Crippen molar-refractivity contribution < 1.29 is 14.3 Å². The highest BCUT2D eigenvalue weighted by atomic mass is 19.1. The molecule has 0 fully saturated rings. The van der Waals surface area contributed by atoms with E-state index in [1.165, 1.54) is 6.92 Å². The van der Waals surface area contributed by atoms with Gasteiger partial charge in [-0.2, -0.15) is 0 Å². The van der Waals surface area contributed by atoms with Crippen molar-refractivity contribution in [1.29, 1.82) is 0 Å². The number of halogens is 1. The fourth-order valence-corrected chi connectivity index (χ4v) is 0.188. The van der Waals surface area contributed by atoms with Crippen LogP contribution in [0.5, 0.6) is 0 Å². The summed E-state index contributed by atoms with van der Waals surface area (Å²) >= 11 is 0. The Hall–Kier alpha value is -1.04. The second-order valence-electron chi connectivity index (χ2n) is 1.10. The van der Waals surface area contributed by atoms with E-state index in [1.54, 1.807) is 0 Å². The lowest BCUT2D eigenvalue weighted by Crippen LogP contribution is -2.10. The Kier molecular flexibility index (Phi) is 2.63. The lowest BCUT2D eigenvalue weighted by atomic mass is 10.4. The molecule has 0 radical (unpaired) electrons. The van der Waals surface area contributed by atoms with Gasteiger partial charge in [-0.15, -0.1) is 5.92 Å². The number of aliphatic carboxylic acids is 1. The fourth-order valence-electron chi connectivity index (χ4n) is 0.188. The predicted molar refractivity (Wildman–Crippen MR) is 26.0 cm³/mol.